The number of halogens is 1. The minimum Gasteiger partial charge on any atom is -0.449 e. The maximum atomic E-state index is 13.2. The second-order valence-electron chi connectivity index (χ2n) is 7.30. The number of amides is 1. The van der Waals surface area contributed by atoms with Gasteiger partial charge in [-0.2, -0.15) is 0 Å². The number of rotatable bonds is 5. The maximum absolute atomic E-state index is 13.2. The van der Waals surface area contributed by atoms with Crippen LogP contribution >= 0.6 is 0 Å². The van der Waals surface area contributed by atoms with Crippen LogP contribution in [0.25, 0.3) is 0 Å². The van der Waals surface area contributed by atoms with Crippen LogP contribution in [0.15, 0.2) is 34.9 Å². The monoisotopic (exact) mass is 359 g/mol. The summed E-state index contributed by atoms with van der Waals surface area (Å²) in [5, 5.41) is 0. The van der Waals surface area contributed by atoms with Gasteiger partial charge in [0.2, 0.25) is 5.91 Å². The Labute approximate surface area is 153 Å². The van der Waals surface area contributed by atoms with Crippen LogP contribution in [0.2, 0.25) is 0 Å². The average Bonchev–Trinajstić information content (AvgIpc) is 2.94. The van der Waals surface area contributed by atoms with Crippen LogP contribution in [0.5, 0.6) is 0 Å². The van der Waals surface area contributed by atoms with Crippen molar-refractivity contribution in [2.45, 2.75) is 46.3 Å². The van der Waals surface area contributed by atoms with Gasteiger partial charge in [-0.05, 0) is 23.6 Å². The van der Waals surface area contributed by atoms with Crippen LogP contribution in [0, 0.1) is 18.7 Å². The smallest absolute Gasteiger partial charge is 0.224 e. The molecule has 3 rings (SSSR count). The van der Waals surface area contributed by atoms with Crippen LogP contribution in [0.1, 0.15) is 37.4 Å². The van der Waals surface area contributed by atoms with Gasteiger partial charge in [-0.3, -0.25) is 9.69 Å². The summed E-state index contributed by atoms with van der Waals surface area (Å²) in [6.07, 6.45) is 2.16. The number of nitrogens with zero attached hydrogens (tertiary/aromatic N) is 3. The SMILES string of the molecule is Cc1nc(CN2CCC(=O)N(Cc3ccc(F)cc3)[C@@H](C(C)C)C2)co1. The molecule has 1 atom stereocenters. The minimum absolute atomic E-state index is 0.100. The van der Waals surface area contributed by atoms with Gasteiger partial charge in [0.05, 0.1) is 5.69 Å². The summed E-state index contributed by atoms with van der Waals surface area (Å²) < 4.78 is 18.5. The van der Waals surface area contributed by atoms with E-state index in [9.17, 15) is 9.18 Å². The molecular formula is C20H26FN3O2. The molecule has 0 radical (unpaired) electrons. The lowest BCUT2D eigenvalue weighted by Gasteiger charge is -2.34. The molecule has 5 nitrogen and oxygen atoms in total. The van der Waals surface area contributed by atoms with Crippen LogP contribution in [0.4, 0.5) is 4.39 Å². The Kier molecular flexibility index (Phi) is 5.71. The lowest BCUT2D eigenvalue weighted by atomic mass is 10.0. The summed E-state index contributed by atoms with van der Waals surface area (Å²) in [5.74, 6) is 0.862. The fraction of sp³-hybridized carbons (Fsp3) is 0.500. The van der Waals surface area contributed by atoms with E-state index in [-0.39, 0.29) is 17.8 Å². The van der Waals surface area contributed by atoms with E-state index in [0.717, 1.165) is 17.8 Å². The van der Waals surface area contributed by atoms with Crippen molar-refractivity contribution in [2.24, 2.45) is 5.92 Å². The summed E-state index contributed by atoms with van der Waals surface area (Å²) in [7, 11) is 0. The van der Waals surface area contributed by atoms with Crippen LogP contribution < -0.4 is 0 Å². The Hall–Kier alpha value is -2.21. The van der Waals surface area contributed by atoms with Gasteiger partial charge >= 0.3 is 0 Å². The summed E-state index contributed by atoms with van der Waals surface area (Å²) >= 11 is 0. The number of benzene rings is 1. The number of hydrogen-bond acceptors (Lipinski definition) is 4. The molecule has 2 heterocycles. The highest BCUT2D eigenvalue weighted by Gasteiger charge is 2.31. The number of oxazole rings is 1. The molecular weight excluding hydrogens is 333 g/mol. The molecule has 26 heavy (non-hydrogen) atoms. The molecule has 1 aromatic heterocycles. The molecule has 1 aromatic carbocycles. The Morgan fingerprint density at radius 2 is 2.00 bits per heavy atom. The molecule has 1 fully saturated rings. The third-order valence-corrected chi connectivity index (χ3v) is 4.90. The predicted octanol–water partition coefficient (Wildman–Crippen LogP) is 3.38. The van der Waals surface area contributed by atoms with Gasteiger partial charge < -0.3 is 9.32 Å². The van der Waals surface area contributed by atoms with Crippen molar-refractivity contribution in [3.05, 3.63) is 53.5 Å². The highest BCUT2D eigenvalue weighted by atomic mass is 19.1. The molecule has 2 aromatic rings. The first-order valence-electron chi connectivity index (χ1n) is 9.09. The summed E-state index contributed by atoms with van der Waals surface area (Å²) in [4.78, 5) is 21.4. The van der Waals surface area contributed by atoms with Crippen molar-refractivity contribution in [1.82, 2.24) is 14.8 Å². The van der Waals surface area contributed by atoms with Crippen LogP contribution in [-0.2, 0) is 17.9 Å². The third kappa shape index (κ3) is 4.49. The molecule has 1 amide bonds. The van der Waals surface area contributed by atoms with Crippen molar-refractivity contribution in [2.75, 3.05) is 13.1 Å². The van der Waals surface area contributed by atoms with Gasteiger partial charge in [0.1, 0.15) is 12.1 Å². The molecule has 0 N–H and O–H groups in total. The summed E-state index contributed by atoms with van der Waals surface area (Å²) in [6, 6.07) is 6.49. The Bertz CT molecular complexity index is 742. The topological polar surface area (TPSA) is 49.6 Å². The third-order valence-electron chi connectivity index (χ3n) is 4.90. The zero-order valence-electron chi connectivity index (χ0n) is 15.6. The highest BCUT2D eigenvalue weighted by molar-refractivity contribution is 5.77. The van der Waals surface area contributed by atoms with Crippen LogP contribution in [0.3, 0.4) is 0 Å². The molecule has 1 aliphatic heterocycles. The molecule has 6 heteroatoms. The van der Waals surface area contributed by atoms with Gasteiger partial charge in [-0.25, -0.2) is 9.37 Å². The number of carbonyl (C=O) groups is 1. The van der Waals surface area contributed by atoms with Gasteiger partial charge in [-0.15, -0.1) is 0 Å². The lowest BCUT2D eigenvalue weighted by molar-refractivity contribution is -0.134. The summed E-state index contributed by atoms with van der Waals surface area (Å²) in [6.45, 7) is 8.79. The number of carbonyl (C=O) groups excluding carboxylic acids is 1. The minimum atomic E-state index is -0.259. The number of aryl methyl sites for hydroxylation is 1. The molecule has 1 saturated heterocycles. The first-order valence-corrected chi connectivity index (χ1v) is 9.09. The van der Waals surface area contributed by atoms with Crippen molar-refractivity contribution in [3.63, 3.8) is 0 Å². The lowest BCUT2D eigenvalue weighted by Crippen LogP contribution is -2.45. The van der Waals surface area contributed by atoms with E-state index in [2.05, 4.69) is 23.7 Å². The van der Waals surface area contributed by atoms with Gasteiger partial charge in [0.15, 0.2) is 5.89 Å². The molecule has 0 unspecified atom stereocenters. The quantitative estimate of drug-likeness (QED) is 0.821. The van der Waals surface area contributed by atoms with Crippen molar-refractivity contribution in [1.29, 1.82) is 0 Å². The first-order chi connectivity index (χ1) is 12.4. The second kappa shape index (κ2) is 7.99. The van der Waals surface area contributed by atoms with E-state index in [4.69, 9.17) is 4.42 Å². The molecule has 1 aliphatic rings. The van der Waals surface area contributed by atoms with E-state index in [1.807, 2.05) is 11.8 Å². The average molecular weight is 359 g/mol. The number of aromatic nitrogens is 1. The van der Waals surface area contributed by atoms with Crippen molar-refractivity contribution in [3.8, 4) is 0 Å². The highest BCUT2D eigenvalue weighted by Crippen LogP contribution is 2.22. The zero-order valence-corrected chi connectivity index (χ0v) is 15.6. The first kappa shape index (κ1) is 18.6. The van der Waals surface area contributed by atoms with Gasteiger partial charge in [0, 0.05) is 45.6 Å². The summed E-state index contributed by atoms with van der Waals surface area (Å²) in [5.41, 5.74) is 1.84. The Balaban J connectivity index is 1.75. The maximum Gasteiger partial charge on any atom is 0.224 e. The largest absolute Gasteiger partial charge is 0.449 e. The van der Waals surface area contributed by atoms with E-state index in [1.54, 1.807) is 18.4 Å². The van der Waals surface area contributed by atoms with E-state index in [1.165, 1.54) is 12.1 Å². The molecule has 0 spiro atoms. The van der Waals surface area contributed by atoms with E-state index < -0.39 is 0 Å². The van der Waals surface area contributed by atoms with Crippen molar-refractivity contribution < 1.29 is 13.6 Å². The fourth-order valence-corrected chi connectivity index (χ4v) is 3.45. The fourth-order valence-electron chi connectivity index (χ4n) is 3.45. The molecule has 140 valence electrons. The Morgan fingerprint density at radius 3 is 2.62 bits per heavy atom. The standard InChI is InChI=1S/C20H26FN3O2/c1-14(2)19-12-23(11-18-13-26-15(3)22-18)9-8-20(25)24(19)10-16-4-6-17(21)7-5-16/h4-7,13-14,19H,8-12H2,1-3H3/t19-/m1/s1. The Morgan fingerprint density at radius 1 is 1.27 bits per heavy atom. The van der Waals surface area contributed by atoms with Crippen molar-refractivity contribution >= 4 is 5.91 Å². The van der Waals surface area contributed by atoms with Gasteiger partial charge in [-0.1, -0.05) is 26.0 Å². The molecule has 0 aliphatic carbocycles. The number of hydrogen-bond donors (Lipinski definition) is 0. The second-order valence-corrected chi connectivity index (χ2v) is 7.30. The molecule has 0 bridgehead atoms. The van der Waals surface area contributed by atoms with E-state index in [0.29, 0.717) is 37.9 Å². The molecule has 0 saturated carbocycles. The zero-order chi connectivity index (χ0) is 18.7. The normalized spacial score (nSPS) is 19.2. The van der Waals surface area contributed by atoms with Crippen LogP contribution in [-0.4, -0.2) is 39.8 Å². The predicted molar refractivity (Wildman–Crippen MR) is 96.7 cm³/mol. The van der Waals surface area contributed by atoms with Gasteiger partial charge in [0.25, 0.3) is 0 Å². The van der Waals surface area contributed by atoms with E-state index >= 15 is 0 Å².